The molecule has 0 aliphatic carbocycles. The second-order valence-corrected chi connectivity index (χ2v) is 5.95. The number of amides is 2. The number of urea groups is 1. The second kappa shape index (κ2) is 7.85. The van der Waals surface area contributed by atoms with Crippen LogP contribution < -0.4 is 10.6 Å². The van der Waals surface area contributed by atoms with Gasteiger partial charge in [0.25, 0.3) is 0 Å². The van der Waals surface area contributed by atoms with Crippen LogP contribution in [0, 0.1) is 6.92 Å². The van der Waals surface area contributed by atoms with Crippen LogP contribution in [0.15, 0.2) is 59.0 Å². The zero-order chi connectivity index (χ0) is 17.6. The number of aliphatic hydroxyl groups excluding tert-OH is 1. The van der Waals surface area contributed by atoms with Crippen molar-refractivity contribution in [2.75, 3.05) is 6.61 Å². The van der Waals surface area contributed by atoms with E-state index in [1.165, 1.54) is 0 Å². The topological polar surface area (TPSA) is 74.5 Å². The summed E-state index contributed by atoms with van der Waals surface area (Å²) < 4.78 is 5.80. The summed E-state index contributed by atoms with van der Waals surface area (Å²) in [6, 6.07) is 16.9. The Hall–Kier alpha value is -2.79. The quantitative estimate of drug-likeness (QED) is 0.642. The number of rotatable bonds is 6. The van der Waals surface area contributed by atoms with Crippen molar-refractivity contribution in [3.63, 3.8) is 0 Å². The number of carbonyl (C=O) groups is 1. The molecule has 0 radical (unpaired) electrons. The van der Waals surface area contributed by atoms with Gasteiger partial charge in [-0.15, -0.1) is 0 Å². The number of furan rings is 1. The first-order chi connectivity index (χ1) is 12.2. The summed E-state index contributed by atoms with van der Waals surface area (Å²) in [5.41, 5.74) is 2.82. The van der Waals surface area contributed by atoms with Gasteiger partial charge in [0.05, 0.1) is 12.6 Å². The van der Waals surface area contributed by atoms with Crippen LogP contribution in [0.3, 0.4) is 0 Å². The third-order valence-corrected chi connectivity index (χ3v) is 4.28. The normalized spacial score (nSPS) is 12.1. The Kier molecular flexibility index (Phi) is 5.36. The number of aryl methyl sites for hydroxylation is 1. The molecule has 2 amide bonds. The molecule has 1 heterocycles. The molecule has 0 saturated carbocycles. The lowest BCUT2D eigenvalue weighted by atomic mass is 10.0. The molecule has 3 aromatic rings. The van der Waals surface area contributed by atoms with Crippen LogP contribution in [0.4, 0.5) is 4.79 Å². The summed E-state index contributed by atoms with van der Waals surface area (Å²) in [7, 11) is 0. The zero-order valence-corrected chi connectivity index (χ0v) is 14.2. The molecule has 0 unspecified atom stereocenters. The second-order valence-electron chi connectivity index (χ2n) is 5.95. The van der Waals surface area contributed by atoms with E-state index in [-0.39, 0.29) is 18.7 Å². The molecule has 1 aromatic heterocycles. The van der Waals surface area contributed by atoms with Crippen LogP contribution in [0.5, 0.6) is 0 Å². The molecule has 130 valence electrons. The molecule has 5 nitrogen and oxygen atoms in total. The third-order valence-electron chi connectivity index (χ3n) is 4.28. The maximum absolute atomic E-state index is 12.3. The Morgan fingerprint density at radius 3 is 2.56 bits per heavy atom. The molecule has 3 N–H and O–H groups in total. The minimum atomic E-state index is -0.290. The number of nitrogens with one attached hydrogen (secondary N) is 2. The maximum atomic E-state index is 12.3. The van der Waals surface area contributed by atoms with E-state index in [4.69, 9.17) is 4.42 Å². The Labute approximate surface area is 146 Å². The minimum absolute atomic E-state index is 0.00250. The maximum Gasteiger partial charge on any atom is 0.315 e. The number of benzene rings is 2. The van der Waals surface area contributed by atoms with Crippen molar-refractivity contribution in [2.24, 2.45) is 0 Å². The predicted octanol–water partition coefficient (Wildman–Crippen LogP) is 3.66. The zero-order valence-electron chi connectivity index (χ0n) is 14.2. The van der Waals surface area contributed by atoms with E-state index >= 15 is 0 Å². The lowest BCUT2D eigenvalue weighted by molar-refractivity contribution is 0.228. The fourth-order valence-corrected chi connectivity index (χ4v) is 2.90. The highest BCUT2D eigenvalue weighted by atomic mass is 16.3. The number of aliphatic hydroxyl groups is 1. The van der Waals surface area contributed by atoms with Crippen LogP contribution in [-0.4, -0.2) is 17.7 Å². The highest BCUT2D eigenvalue weighted by molar-refractivity contribution is 5.82. The molecular weight excluding hydrogens is 316 g/mol. The first-order valence-corrected chi connectivity index (χ1v) is 8.36. The smallest absolute Gasteiger partial charge is 0.315 e. The minimum Gasteiger partial charge on any atom is -0.459 e. The number of carbonyl (C=O) groups excluding carboxylic acids is 1. The molecule has 0 fully saturated rings. The van der Waals surface area contributed by atoms with E-state index < -0.39 is 0 Å². The van der Waals surface area contributed by atoms with Crippen LogP contribution >= 0.6 is 0 Å². The van der Waals surface area contributed by atoms with Crippen LogP contribution in [0.25, 0.3) is 11.0 Å². The van der Waals surface area contributed by atoms with Gasteiger partial charge in [-0.25, -0.2) is 4.79 Å². The summed E-state index contributed by atoms with van der Waals surface area (Å²) >= 11 is 0. The van der Waals surface area contributed by atoms with Gasteiger partial charge in [0.15, 0.2) is 0 Å². The van der Waals surface area contributed by atoms with Crippen molar-refractivity contribution in [1.29, 1.82) is 0 Å². The summed E-state index contributed by atoms with van der Waals surface area (Å²) in [5, 5.41) is 16.0. The predicted molar refractivity (Wildman–Crippen MR) is 97.2 cm³/mol. The van der Waals surface area contributed by atoms with E-state index in [0.29, 0.717) is 13.0 Å². The van der Waals surface area contributed by atoms with Gasteiger partial charge < -0.3 is 20.2 Å². The van der Waals surface area contributed by atoms with Crippen molar-refractivity contribution < 1.29 is 14.3 Å². The van der Waals surface area contributed by atoms with E-state index in [0.717, 1.165) is 27.9 Å². The Bertz CT molecular complexity index is 843. The van der Waals surface area contributed by atoms with E-state index in [2.05, 4.69) is 10.6 Å². The third kappa shape index (κ3) is 4.00. The lowest BCUT2D eigenvalue weighted by Gasteiger charge is -2.18. The summed E-state index contributed by atoms with van der Waals surface area (Å²) in [5.74, 6) is 0.745. The molecule has 0 aliphatic rings. The molecule has 2 aromatic carbocycles. The summed E-state index contributed by atoms with van der Waals surface area (Å²) in [6.45, 7) is 2.30. The van der Waals surface area contributed by atoms with Gasteiger partial charge in [-0.3, -0.25) is 0 Å². The Morgan fingerprint density at radius 2 is 1.84 bits per heavy atom. The molecule has 1 atom stereocenters. The Morgan fingerprint density at radius 1 is 1.12 bits per heavy atom. The van der Waals surface area contributed by atoms with Gasteiger partial charge >= 0.3 is 6.03 Å². The highest BCUT2D eigenvalue weighted by Gasteiger charge is 2.15. The van der Waals surface area contributed by atoms with Gasteiger partial charge in [0.2, 0.25) is 0 Å². The molecular formula is C20H22N2O3. The molecule has 3 rings (SSSR count). The average molecular weight is 338 g/mol. The van der Waals surface area contributed by atoms with Crippen LogP contribution in [0.1, 0.15) is 29.3 Å². The van der Waals surface area contributed by atoms with Crippen LogP contribution in [-0.2, 0) is 6.54 Å². The fraction of sp³-hybridized carbons (Fsp3) is 0.250. The lowest BCUT2D eigenvalue weighted by Crippen LogP contribution is -2.38. The van der Waals surface area contributed by atoms with Crippen molar-refractivity contribution in [2.45, 2.75) is 25.9 Å². The van der Waals surface area contributed by atoms with Crippen molar-refractivity contribution in [3.05, 3.63) is 71.5 Å². The first kappa shape index (κ1) is 17.0. The van der Waals surface area contributed by atoms with Crippen molar-refractivity contribution in [1.82, 2.24) is 10.6 Å². The van der Waals surface area contributed by atoms with Crippen molar-refractivity contribution >= 4 is 17.0 Å². The van der Waals surface area contributed by atoms with E-state index in [9.17, 15) is 9.90 Å². The Balaban J connectivity index is 1.64. The molecule has 0 bridgehead atoms. The molecule has 0 aliphatic heterocycles. The average Bonchev–Trinajstić information content (AvgIpc) is 2.97. The molecule has 0 saturated heterocycles. The van der Waals surface area contributed by atoms with E-state index in [1.54, 1.807) is 0 Å². The molecule has 25 heavy (non-hydrogen) atoms. The SMILES string of the molecule is Cc1c(CNC(=O)N[C@H](CCO)c2ccccc2)oc2ccccc12. The molecule has 5 heteroatoms. The highest BCUT2D eigenvalue weighted by Crippen LogP contribution is 2.24. The van der Waals surface area contributed by atoms with Gasteiger partial charge in [-0.2, -0.15) is 0 Å². The fourth-order valence-electron chi connectivity index (χ4n) is 2.90. The van der Waals surface area contributed by atoms with Crippen LogP contribution in [0.2, 0.25) is 0 Å². The number of fused-ring (bicyclic) bond motifs is 1. The monoisotopic (exact) mass is 338 g/mol. The number of hydrogen-bond donors (Lipinski definition) is 3. The number of hydrogen-bond acceptors (Lipinski definition) is 3. The van der Waals surface area contributed by atoms with Gasteiger partial charge in [0.1, 0.15) is 11.3 Å². The number of para-hydroxylation sites is 1. The largest absolute Gasteiger partial charge is 0.459 e. The van der Waals surface area contributed by atoms with E-state index in [1.807, 2.05) is 61.5 Å². The van der Waals surface area contributed by atoms with Gasteiger partial charge in [-0.05, 0) is 25.0 Å². The van der Waals surface area contributed by atoms with Gasteiger partial charge in [-0.1, -0.05) is 48.5 Å². The van der Waals surface area contributed by atoms with Crippen molar-refractivity contribution in [3.8, 4) is 0 Å². The summed E-state index contributed by atoms with van der Waals surface area (Å²) in [6.07, 6.45) is 0.459. The first-order valence-electron chi connectivity index (χ1n) is 8.36. The standard InChI is InChI=1S/C20H22N2O3/c1-14-16-9-5-6-10-18(16)25-19(14)13-21-20(24)22-17(11-12-23)15-7-3-2-4-8-15/h2-10,17,23H,11-13H2,1H3,(H2,21,22,24)/t17-/m1/s1. The van der Waals surface area contributed by atoms with Gasteiger partial charge in [0, 0.05) is 17.6 Å². The molecule has 0 spiro atoms. The summed E-state index contributed by atoms with van der Waals surface area (Å²) in [4.78, 5) is 12.3.